The van der Waals surface area contributed by atoms with Gasteiger partial charge in [0.25, 0.3) is 0 Å². The summed E-state index contributed by atoms with van der Waals surface area (Å²) in [5, 5.41) is 10.8. The predicted octanol–water partition coefficient (Wildman–Crippen LogP) is 3.16. The van der Waals surface area contributed by atoms with E-state index in [4.69, 9.17) is 0 Å². The zero-order valence-electron chi connectivity index (χ0n) is 15.4. The maximum atomic E-state index is 12.2. The minimum atomic E-state index is -4.42. The molecule has 0 aliphatic carbocycles. The summed E-state index contributed by atoms with van der Waals surface area (Å²) in [4.78, 5) is 16.3. The number of rotatable bonds is 7. The first-order valence-electron chi connectivity index (χ1n) is 8.70. The molecule has 0 bridgehead atoms. The molecule has 1 aromatic carbocycles. The molecule has 0 saturated heterocycles. The number of hydrogen-bond acceptors (Lipinski definition) is 5. The summed E-state index contributed by atoms with van der Waals surface area (Å²) in [6.45, 7) is 0.299. The first kappa shape index (κ1) is 20.3. The van der Waals surface area contributed by atoms with Crippen LogP contribution >= 0.6 is 0 Å². The molecule has 1 amide bonds. The molecule has 2 aromatic heterocycles. The van der Waals surface area contributed by atoms with Gasteiger partial charge in [-0.3, -0.25) is 9.78 Å². The molecule has 152 valence electrons. The third-order valence-corrected chi connectivity index (χ3v) is 3.90. The maximum absolute atomic E-state index is 12.2. The van der Waals surface area contributed by atoms with Crippen molar-refractivity contribution in [2.24, 2.45) is 0 Å². The molecule has 10 heteroatoms. The van der Waals surface area contributed by atoms with E-state index in [2.05, 4.69) is 25.3 Å². The van der Waals surface area contributed by atoms with Crippen LogP contribution < -0.4 is 10.1 Å². The smallest absolute Gasteiger partial charge is 0.422 e. The molecule has 3 rings (SSSR count). The van der Waals surface area contributed by atoms with E-state index in [9.17, 15) is 18.0 Å². The molecular formula is C19H18F3N5O2. The number of hydrogen-bond donors (Lipinski definition) is 1. The summed E-state index contributed by atoms with van der Waals surface area (Å²) in [5.74, 6) is -0.304. The van der Waals surface area contributed by atoms with Crippen molar-refractivity contribution in [3.05, 3.63) is 60.6 Å². The highest BCUT2D eigenvalue weighted by atomic mass is 19.4. The number of carbonyl (C=O) groups is 1. The monoisotopic (exact) mass is 405 g/mol. The van der Waals surface area contributed by atoms with Crippen LogP contribution in [0, 0.1) is 0 Å². The Bertz CT molecular complexity index is 942. The topological polar surface area (TPSA) is 81.9 Å². The molecule has 29 heavy (non-hydrogen) atoms. The molecule has 0 saturated carbocycles. The Balaban J connectivity index is 1.53. The van der Waals surface area contributed by atoms with Crippen molar-refractivity contribution < 1.29 is 22.7 Å². The van der Waals surface area contributed by atoms with Gasteiger partial charge in [-0.1, -0.05) is 35.5 Å². The second-order valence-corrected chi connectivity index (χ2v) is 6.28. The molecule has 2 heterocycles. The summed E-state index contributed by atoms with van der Waals surface area (Å²) in [6, 6.07) is 11.9. The minimum absolute atomic E-state index is 0.000610. The van der Waals surface area contributed by atoms with Gasteiger partial charge < -0.3 is 10.1 Å². The van der Waals surface area contributed by atoms with E-state index in [0.29, 0.717) is 11.4 Å². The number of nitrogens with zero attached hydrogens (tertiary/aromatic N) is 4. The molecule has 0 spiro atoms. The van der Waals surface area contributed by atoms with Crippen molar-refractivity contribution in [1.29, 1.82) is 0 Å². The van der Waals surface area contributed by atoms with Crippen LogP contribution in [-0.4, -0.2) is 38.7 Å². The first-order valence-corrected chi connectivity index (χ1v) is 8.70. The van der Waals surface area contributed by atoms with Gasteiger partial charge in [0.1, 0.15) is 18.0 Å². The SMILES string of the molecule is C[C@@H](NC(=O)Cn1cc(-c2ccccc2)nn1)c1ccc(OCC(F)(F)F)cn1. The van der Waals surface area contributed by atoms with Crippen molar-refractivity contribution in [2.45, 2.75) is 25.7 Å². The van der Waals surface area contributed by atoms with Gasteiger partial charge in [-0.25, -0.2) is 4.68 Å². The van der Waals surface area contributed by atoms with Gasteiger partial charge in [0, 0.05) is 5.56 Å². The predicted molar refractivity (Wildman–Crippen MR) is 97.8 cm³/mol. The number of amides is 1. The van der Waals surface area contributed by atoms with Crippen molar-refractivity contribution in [3.63, 3.8) is 0 Å². The van der Waals surface area contributed by atoms with Gasteiger partial charge in [0.2, 0.25) is 5.91 Å². The quantitative estimate of drug-likeness (QED) is 0.653. The maximum Gasteiger partial charge on any atom is 0.422 e. The number of aromatic nitrogens is 4. The molecule has 1 N–H and O–H groups in total. The lowest BCUT2D eigenvalue weighted by atomic mass is 10.2. The fraction of sp³-hybridized carbons (Fsp3) is 0.263. The second kappa shape index (κ2) is 8.72. The molecule has 0 aliphatic rings. The van der Waals surface area contributed by atoms with Crippen LogP contribution in [0.1, 0.15) is 18.7 Å². The Hall–Kier alpha value is -3.43. The Morgan fingerprint density at radius 2 is 1.97 bits per heavy atom. The van der Waals surface area contributed by atoms with E-state index in [-0.39, 0.29) is 18.2 Å². The molecule has 0 fully saturated rings. The molecule has 7 nitrogen and oxygen atoms in total. The fourth-order valence-corrected chi connectivity index (χ4v) is 2.52. The van der Waals surface area contributed by atoms with Crippen LogP contribution in [-0.2, 0) is 11.3 Å². The van der Waals surface area contributed by atoms with Gasteiger partial charge in [-0.15, -0.1) is 5.10 Å². The zero-order chi connectivity index (χ0) is 20.9. The number of pyridine rings is 1. The Labute approximate surface area is 164 Å². The summed E-state index contributed by atoms with van der Waals surface area (Å²) in [6.07, 6.45) is -1.56. The molecular weight excluding hydrogens is 387 g/mol. The first-order chi connectivity index (χ1) is 13.8. The third-order valence-electron chi connectivity index (χ3n) is 3.90. The highest BCUT2D eigenvalue weighted by Gasteiger charge is 2.28. The van der Waals surface area contributed by atoms with E-state index in [1.807, 2.05) is 30.3 Å². The Morgan fingerprint density at radius 3 is 2.62 bits per heavy atom. The number of alkyl halides is 3. The average molecular weight is 405 g/mol. The van der Waals surface area contributed by atoms with Crippen LogP contribution in [0.4, 0.5) is 13.2 Å². The lowest BCUT2D eigenvalue weighted by Gasteiger charge is -2.14. The molecule has 3 aromatic rings. The van der Waals surface area contributed by atoms with Crippen LogP contribution in [0.2, 0.25) is 0 Å². The molecule has 1 atom stereocenters. The average Bonchev–Trinajstić information content (AvgIpc) is 3.15. The summed E-state index contributed by atoms with van der Waals surface area (Å²) in [5.41, 5.74) is 2.04. The van der Waals surface area contributed by atoms with Crippen LogP contribution in [0.15, 0.2) is 54.9 Å². The van der Waals surface area contributed by atoms with Crippen molar-refractivity contribution in [1.82, 2.24) is 25.3 Å². The molecule has 0 aliphatic heterocycles. The normalized spacial score (nSPS) is 12.4. The minimum Gasteiger partial charge on any atom is -0.483 e. The highest BCUT2D eigenvalue weighted by Crippen LogP contribution is 2.19. The van der Waals surface area contributed by atoms with Crippen molar-refractivity contribution in [2.75, 3.05) is 6.61 Å². The summed E-state index contributed by atoms with van der Waals surface area (Å²) in [7, 11) is 0. The van der Waals surface area contributed by atoms with Gasteiger partial charge in [0.15, 0.2) is 6.61 Å². The van der Waals surface area contributed by atoms with Crippen molar-refractivity contribution >= 4 is 5.91 Å². The van der Waals surface area contributed by atoms with Crippen molar-refractivity contribution in [3.8, 4) is 17.0 Å². The third kappa shape index (κ3) is 6.03. The molecule has 0 radical (unpaired) electrons. The van der Waals surface area contributed by atoms with Gasteiger partial charge in [0.05, 0.1) is 24.1 Å². The lowest BCUT2D eigenvalue weighted by Crippen LogP contribution is -2.30. The highest BCUT2D eigenvalue weighted by molar-refractivity contribution is 5.76. The number of benzene rings is 1. The van der Waals surface area contributed by atoms with E-state index in [1.54, 1.807) is 13.1 Å². The van der Waals surface area contributed by atoms with Gasteiger partial charge in [-0.05, 0) is 19.1 Å². The lowest BCUT2D eigenvalue weighted by molar-refractivity contribution is -0.153. The van der Waals surface area contributed by atoms with Crippen LogP contribution in [0.5, 0.6) is 5.75 Å². The van der Waals surface area contributed by atoms with E-state index >= 15 is 0 Å². The van der Waals surface area contributed by atoms with Gasteiger partial charge in [-0.2, -0.15) is 13.2 Å². The summed E-state index contributed by atoms with van der Waals surface area (Å²) < 4.78 is 42.5. The van der Waals surface area contributed by atoms with E-state index in [0.717, 1.165) is 5.56 Å². The Morgan fingerprint density at radius 1 is 1.21 bits per heavy atom. The standard InChI is InChI=1S/C19H18F3N5O2/c1-13(16-8-7-15(9-23-16)29-12-19(20,21)22)24-18(28)11-27-10-17(25-26-27)14-5-3-2-4-6-14/h2-10,13H,11-12H2,1H3,(H,24,28)/t13-/m1/s1. The van der Waals surface area contributed by atoms with Gasteiger partial charge >= 0.3 is 6.18 Å². The molecule has 0 unspecified atom stereocenters. The van der Waals surface area contributed by atoms with E-state index in [1.165, 1.54) is 23.0 Å². The number of nitrogens with one attached hydrogen (secondary N) is 1. The second-order valence-electron chi connectivity index (χ2n) is 6.28. The van der Waals surface area contributed by atoms with Crippen LogP contribution in [0.3, 0.4) is 0 Å². The summed E-state index contributed by atoms with van der Waals surface area (Å²) >= 11 is 0. The number of carbonyl (C=O) groups excluding carboxylic acids is 1. The van der Waals surface area contributed by atoms with Crippen LogP contribution in [0.25, 0.3) is 11.3 Å². The largest absolute Gasteiger partial charge is 0.483 e. The zero-order valence-corrected chi connectivity index (χ0v) is 15.4. The fourth-order valence-electron chi connectivity index (χ4n) is 2.52. The van der Waals surface area contributed by atoms with E-state index < -0.39 is 18.8 Å². The number of halogens is 3. The Kier molecular flexibility index (Phi) is 6.10. The number of ether oxygens (including phenoxy) is 1.